The van der Waals surface area contributed by atoms with E-state index < -0.39 is 99.9 Å². The van der Waals surface area contributed by atoms with Crippen molar-refractivity contribution in [1.82, 2.24) is 5.32 Å². The van der Waals surface area contributed by atoms with Crippen LogP contribution in [-0.2, 0) is 47.5 Å². The lowest BCUT2D eigenvalue weighted by Crippen LogP contribution is -2.82. The highest BCUT2D eigenvalue weighted by atomic mass is 16.6. The van der Waals surface area contributed by atoms with Crippen molar-refractivity contribution in [3.05, 3.63) is 82.9 Å². The van der Waals surface area contributed by atoms with Crippen LogP contribution < -0.4 is 5.32 Å². The highest BCUT2D eigenvalue weighted by molar-refractivity contribution is 5.94. The molecule has 3 aliphatic carbocycles. The molecule has 1 aliphatic heterocycles. The first-order valence-corrected chi connectivity index (χ1v) is 20.0. The predicted molar refractivity (Wildman–Crippen MR) is 212 cm³/mol. The predicted octanol–water partition coefficient (Wildman–Crippen LogP) is 5.60. The molecule has 2 saturated carbocycles. The quantitative estimate of drug-likeness (QED) is 0.172. The maximum Gasteiger partial charge on any atom is 0.408 e. The molecule has 2 aromatic carbocycles. The zero-order chi connectivity index (χ0) is 43.3. The summed E-state index contributed by atoms with van der Waals surface area (Å²) in [4.78, 5) is 70.0. The molecule has 2 N–H and O–H groups in total. The Morgan fingerprint density at radius 1 is 0.949 bits per heavy atom. The Balaban J connectivity index is 1.50. The van der Waals surface area contributed by atoms with Gasteiger partial charge in [0.25, 0.3) is 0 Å². The molecular formula is C45H57NO13. The van der Waals surface area contributed by atoms with Crippen LogP contribution in [0.4, 0.5) is 4.79 Å². The third-order valence-corrected chi connectivity index (χ3v) is 12.9. The lowest BCUT2D eigenvalue weighted by atomic mass is 9.44. The fraction of sp³-hybridized carbons (Fsp3) is 0.578. The van der Waals surface area contributed by atoms with E-state index in [-0.39, 0.29) is 31.4 Å². The van der Waals surface area contributed by atoms with Crippen LogP contribution >= 0.6 is 0 Å². The van der Waals surface area contributed by atoms with Gasteiger partial charge in [0.05, 0.1) is 42.1 Å². The number of fused-ring (bicyclic) bond motifs is 5. The van der Waals surface area contributed by atoms with Crippen molar-refractivity contribution in [1.29, 1.82) is 0 Å². The number of ketones is 1. The van der Waals surface area contributed by atoms with Gasteiger partial charge in [0.15, 0.2) is 11.4 Å². The van der Waals surface area contributed by atoms with E-state index >= 15 is 4.79 Å². The van der Waals surface area contributed by atoms with Gasteiger partial charge in [0, 0.05) is 39.4 Å². The van der Waals surface area contributed by atoms with Crippen molar-refractivity contribution in [3.63, 3.8) is 0 Å². The number of amides is 1. The molecule has 59 heavy (non-hydrogen) atoms. The Hall–Kier alpha value is -4.63. The van der Waals surface area contributed by atoms with E-state index in [1.807, 2.05) is 0 Å². The Bertz CT molecular complexity index is 1980. The Morgan fingerprint density at radius 3 is 2.12 bits per heavy atom. The second-order valence-corrected chi connectivity index (χ2v) is 17.9. The summed E-state index contributed by atoms with van der Waals surface area (Å²) in [7, 11) is 2.85. The maximum atomic E-state index is 15.5. The monoisotopic (exact) mass is 819 g/mol. The lowest BCUT2D eigenvalue weighted by molar-refractivity contribution is -0.347. The number of methoxy groups -OCH3 is 2. The average molecular weight is 820 g/mol. The summed E-state index contributed by atoms with van der Waals surface area (Å²) >= 11 is 0. The zero-order valence-electron chi connectivity index (χ0n) is 35.5. The van der Waals surface area contributed by atoms with E-state index in [1.165, 1.54) is 21.1 Å². The number of alkyl carbamates (subject to hydrolysis) is 1. The first kappa shape index (κ1) is 43.9. The Morgan fingerprint density at radius 2 is 1.58 bits per heavy atom. The zero-order valence-corrected chi connectivity index (χ0v) is 35.5. The highest BCUT2D eigenvalue weighted by Crippen LogP contribution is 2.64. The van der Waals surface area contributed by atoms with Gasteiger partial charge in [-0.05, 0) is 63.5 Å². The fourth-order valence-electron chi connectivity index (χ4n) is 10.0. The summed E-state index contributed by atoms with van der Waals surface area (Å²) < 4.78 is 42.7. The van der Waals surface area contributed by atoms with E-state index in [0.29, 0.717) is 16.7 Å². The number of esters is 3. The van der Waals surface area contributed by atoms with Crippen molar-refractivity contribution >= 4 is 29.8 Å². The fourth-order valence-corrected chi connectivity index (χ4v) is 10.0. The molecule has 1 amide bonds. The summed E-state index contributed by atoms with van der Waals surface area (Å²) in [5.41, 5.74) is -5.89. The number of nitrogens with one attached hydrogen (secondary N) is 1. The van der Waals surface area contributed by atoms with Gasteiger partial charge in [-0.15, -0.1) is 0 Å². The van der Waals surface area contributed by atoms with Crippen molar-refractivity contribution < 1.29 is 62.2 Å². The number of rotatable bonds is 10. The number of ether oxygens (including phenoxy) is 7. The number of Topliss-reactive ketones (excluding diaryl/α,β-unsaturated/α-hetero) is 1. The highest BCUT2D eigenvalue weighted by Gasteiger charge is 2.78. The largest absolute Gasteiger partial charge is 0.458 e. The number of carbonyl (C=O) groups is 5. The number of hydrogen-bond donors (Lipinski definition) is 2. The molecule has 0 aromatic heterocycles. The van der Waals surface area contributed by atoms with Crippen LogP contribution in [0.5, 0.6) is 0 Å². The van der Waals surface area contributed by atoms with Crippen molar-refractivity contribution in [2.24, 2.45) is 16.7 Å². The minimum absolute atomic E-state index is 0.151. The van der Waals surface area contributed by atoms with Crippen LogP contribution in [0.2, 0.25) is 0 Å². The summed E-state index contributed by atoms with van der Waals surface area (Å²) in [5.74, 6) is -3.91. The van der Waals surface area contributed by atoms with Gasteiger partial charge >= 0.3 is 24.0 Å². The molecule has 1 saturated heterocycles. The van der Waals surface area contributed by atoms with Crippen LogP contribution in [0.15, 0.2) is 71.8 Å². The topological polar surface area (TPSA) is 182 Å². The van der Waals surface area contributed by atoms with Crippen LogP contribution in [-0.4, -0.2) is 103 Å². The molecular weight excluding hydrogens is 762 g/mol. The van der Waals surface area contributed by atoms with Gasteiger partial charge in [-0.1, -0.05) is 62.4 Å². The standard InChI is InChI=1S/C45H57NO13/c1-25-30(56-33(48)21-29(27-17-13-11-14-18-27)46-40(51)59-41(3,4)5)23-45(52)38(57-39(50)28-19-15-12-16-20-28)36-43(8,37(49)35(54-10)34(25)42(45,6)7)31(53-9)22-32-44(36,24-55-32)58-26(2)47/h11-20,29-32,35-36,38,52H,21-24H2,1-10H3,(H,46,51)/t29-,30+,31?,32-,35-,36+,38+,43-,44+,45?/m1/s1. The molecule has 3 fully saturated rings. The van der Waals surface area contributed by atoms with Gasteiger partial charge in [-0.3, -0.25) is 14.4 Å². The van der Waals surface area contributed by atoms with Crippen LogP contribution in [0.3, 0.4) is 0 Å². The van der Waals surface area contributed by atoms with Gasteiger partial charge in [-0.2, -0.15) is 0 Å². The number of hydrogen-bond acceptors (Lipinski definition) is 13. The molecule has 14 nitrogen and oxygen atoms in total. The van der Waals surface area contributed by atoms with E-state index in [9.17, 15) is 24.3 Å². The molecule has 2 aromatic rings. The molecule has 0 spiro atoms. The molecule has 1 heterocycles. The molecule has 4 aliphatic rings. The van der Waals surface area contributed by atoms with E-state index in [1.54, 1.807) is 109 Å². The number of aliphatic hydroxyl groups is 1. The van der Waals surface area contributed by atoms with Gasteiger partial charge < -0.3 is 43.6 Å². The first-order valence-electron chi connectivity index (χ1n) is 20.0. The summed E-state index contributed by atoms with van der Waals surface area (Å²) in [6.07, 6.45) is -6.94. The molecule has 14 heteroatoms. The molecule has 10 atom stereocenters. The average Bonchev–Trinajstić information content (AvgIpc) is 3.16. The van der Waals surface area contributed by atoms with Gasteiger partial charge in [0.1, 0.15) is 35.6 Å². The van der Waals surface area contributed by atoms with Crippen molar-refractivity contribution in [3.8, 4) is 0 Å². The number of benzene rings is 2. The minimum Gasteiger partial charge on any atom is -0.458 e. The van der Waals surface area contributed by atoms with Crippen molar-refractivity contribution in [2.45, 2.75) is 128 Å². The van der Waals surface area contributed by atoms with Crippen molar-refractivity contribution in [2.75, 3.05) is 20.8 Å². The van der Waals surface area contributed by atoms with E-state index in [2.05, 4.69) is 5.32 Å². The van der Waals surface area contributed by atoms with Crippen LogP contribution in [0, 0.1) is 16.7 Å². The Kier molecular flexibility index (Phi) is 12.0. The van der Waals surface area contributed by atoms with Crippen LogP contribution in [0.1, 0.15) is 96.6 Å². The van der Waals surface area contributed by atoms with Gasteiger partial charge in [-0.25, -0.2) is 9.59 Å². The third kappa shape index (κ3) is 7.69. The minimum atomic E-state index is -2.13. The molecule has 2 bridgehead atoms. The van der Waals surface area contributed by atoms with E-state index in [4.69, 9.17) is 33.2 Å². The van der Waals surface area contributed by atoms with Gasteiger partial charge in [0.2, 0.25) is 0 Å². The lowest BCUT2D eigenvalue weighted by Gasteiger charge is -2.67. The first-order chi connectivity index (χ1) is 27.6. The normalized spacial score (nSPS) is 32.8. The van der Waals surface area contributed by atoms with E-state index in [0.717, 1.165) is 0 Å². The smallest absolute Gasteiger partial charge is 0.408 e. The molecule has 320 valence electrons. The SMILES string of the molecule is COC1C[C@H]2OC[C@@]2(OC(C)=O)[C@H]2[C@H](OC(=O)c3ccccc3)C3(O)C[C@H](OC(=O)C[C@@H](NC(=O)OC(C)(C)C)c4ccccc4)C(C)=C([C@@H](OC)C(=O)[C@]12C)C3(C)C. The number of carbonyl (C=O) groups excluding carboxylic acids is 5. The van der Waals surface area contributed by atoms with Crippen LogP contribution in [0.25, 0.3) is 0 Å². The second-order valence-electron chi connectivity index (χ2n) is 17.9. The molecule has 0 radical (unpaired) electrons. The Labute approximate surface area is 345 Å². The molecule has 2 unspecified atom stereocenters. The summed E-state index contributed by atoms with van der Waals surface area (Å²) in [6.45, 7) is 13.1. The summed E-state index contributed by atoms with van der Waals surface area (Å²) in [6, 6.07) is 16.2. The maximum absolute atomic E-state index is 15.5. The summed E-state index contributed by atoms with van der Waals surface area (Å²) in [5, 5.41) is 16.5. The second kappa shape index (κ2) is 16.1. The third-order valence-electron chi connectivity index (χ3n) is 12.9. The molecule has 6 rings (SSSR count).